The SMILES string of the molecule is CCOC(=O)[C@H](C)Oc1ccc(C=Nn2c(=O)[nH]c3ccccc3c2=O)cc1Br. The molecule has 1 aromatic heterocycles. The molecule has 3 aromatic rings. The zero-order valence-electron chi connectivity index (χ0n) is 15.7. The van der Waals surface area contributed by atoms with Gasteiger partial charge in [0.2, 0.25) is 0 Å². The maximum absolute atomic E-state index is 12.5. The Balaban J connectivity index is 1.84. The largest absolute Gasteiger partial charge is 0.478 e. The first-order valence-electron chi connectivity index (χ1n) is 8.82. The smallest absolute Gasteiger partial charge is 0.349 e. The highest BCUT2D eigenvalue weighted by molar-refractivity contribution is 9.10. The lowest BCUT2D eigenvalue weighted by molar-refractivity contribution is -0.150. The lowest BCUT2D eigenvalue weighted by Crippen LogP contribution is -2.32. The van der Waals surface area contributed by atoms with Gasteiger partial charge in [-0.1, -0.05) is 12.1 Å². The number of hydrogen-bond donors (Lipinski definition) is 1. The molecule has 8 nitrogen and oxygen atoms in total. The molecular weight excluding hydrogens is 442 g/mol. The molecule has 1 atom stereocenters. The highest BCUT2D eigenvalue weighted by atomic mass is 79.9. The summed E-state index contributed by atoms with van der Waals surface area (Å²) in [6.07, 6.45) is 0.620. The minimum absolute atomic E-state index is 0.274. The second kappa shape index (κ2) is 8.87. The number of ether oxygens (including phenoxy) is 2. The monoisotopic (exact) mass is 459 g/mol. The molecule has 150 valence electrons. The Hall–Kier alpha value is -3.20. The Kier molecular flexibility index (Phi) is 6.28. The summed E-state index contributed by atoms with van der Waals surface area (Å²) in [7, 11) is 0. The van der Waals surface area contributed by atoms with E-state index in [-0.39, 0.29) is 6.61 Å². The number of halogens is 1. The van der Waals surface area contributed by atoms with Crippen LogP contribution in [-0.2, 0) is 9.53 Å². The van der Waals surface area contributed by atoms with Crippen molar-refractivity contribution >= 4 is 39.0 Å². The predicted octanol–water partition coefficient (Wildman–Crippen LogP) is 2.66. The normalized spacial score (nSPS) is 12.2. The number of H-pyrrole nitrogens is 1. The van der Waals surface area contributed by atoms with Crippen LogP contribution in [0.2, 0.25) is 0 Å². The minimum Gasteiger partial charge on any atom is -0.478 e. The van der Waals surface area contributed by atoms with Crippen LogP contribution in [0.3, 0.4) is 0 Å². The molecule has 0 saturated carbocycles. The number of benzene rings is 2. The number of hydrogen-bond acceptors (Lipinski definition) is 6. The highest BCUT2D eigenvalue weighted by Gasteiger charge is 2.17. The van der Waals surface area contributed by atoms with Crippen molar-refractivity contribution in [3.05, 3.63) is 73.3 Å². The summed E-state index contributed by atoms with van der Waals surface area (Å²) in [5, 5.41) is 4.37. The molecule has 0 aliphatic rings. The van der Waals surface area contributed by atoms with Crippen molar-refractivity contribution in [1.29, 1.82) is 0 Å². The van der Waals surface area contributed by atoms with Gasteiger partial charge in [-0.05, 0) is 65.7 Å². The van der Waals surface area contributed by atoms with Crippen LogP contribution in [0.5, 0.6) is 5.75 Å². The van der Waals surface area contributed by atoms with E-state index in [1.807, 2.05) is 0 Å². The molecule has 0 saturated heterocycles. The van der Waals surface area contributed by atoms with Crippen molar-refractivity contribution < 1.29 is 14.3 Å². The average Bonchev–Trinajstić information content (AvgIpc) is 2.70. The van der Waals surface area contributed by atoms with Gasteiger partial charge < -0.3 is 14.5 Å². The molecule has 0 radical (unpaired) electrons. The summed E-state index contributed by atoms with van der Waals surface area (Å²) >= 11 is 3.38. The number of nitrogens with one attached hydrogen (secondary N) is 1. The third-order valence-electron chi connectivity index (χ3n) is 3.98. The Morgan fingerprint density at radius 1 is 1.28 bits per heavy atom. The molecule has 0 bridgehead atoms. The minimum atomic E-state index is -0.763. The van der Waals surface area contributed by atoms with Gasteiger partial charge >= 0.3 is 11.7 Å². The van der Waals surface area contributed by atoms with E-state index in [4.69, 9.17) is 9.47 Å². The third kappa shape index (κ3) is 4.62. The van der Waals surface area contributed by atoms with Gasteiger partial charge in [0.25, 0.3) is 5.56 Å². The van der Waals surface area contributed by atoms with Gasteiger partial charge in [0.1, 0.15) is 5.75 Å². The summed E-state index contributed by atoms with van der Waals surface area (Å²) in [6.45, 7) is 3.59. The van der Waals surface area contributed by atoms with Crippen LogP contribution in [0.25, 0.3) is 10.9 Å². The van der Waals surface area contributed by atoms with Crippen LogP contribution >= 0.6 is 15.9 Å². The van der Waals surface area contributed by atoms with Gasteiger partial charge in [-0.3, -0.25) is 4.79 Å². The van der Waals surface area contributed by atoms with Gasteiger partial charge in [-0.25, -0.2) is 9.59 Å². The van der Waals surface area contributed by atoms with E-state index >= 15 is 0 Å². The molecule has 0 fully saturated rings. The zero-order valence-corrected chi connectivity index (χ0v) is 17.3. The van der Waals surface area contributed by atoms with Crippen LogP contribution in [0, 0.1) is 0 Å². The molecule has 9 heteroatoms. The van der Waals surface area contributed by atoms with Crippen LogP contribution in [0.15, 0.2) is 61.6 Å². The number of nitrogens with zero attached hydrogens (tertiary/aromatic N) is 2. The van der Waals surface area contributed by atoms with Crippen LogP contribution in [0.4, 0.5) is 0 Å². The molecule has 0 aliphatic heterocycles. The first-order valence-corrected chi connectivity index (χ1v) is 9.61. The van der Waals surface area contributed by atoms with Crippen molar-refractivity contribution in [3.63, 3.8) is 0 Å². The Bertz CT molecular complexity index is 1200. The second-order valence-corrected chi connectivity index (χ2v) is 6.89. The van der Waals surface area contributed by atoms with Crippen molar-refractivity contribution in [2.45, 2.75) is 20.0 Å². The van der Waals surface area contributed by atoms with Crippen LogP contribution < -0.4 is 16.0 Å². The maximum atomic E-state index is 12.5. The highest BCUT2D eigenvalue weighted by Crippen LogP contribution is 2.26. The van der Waals surface area contributed by atoms with E-state index in [0.717, 1.165) is 4.68 Å². The first kappa shape index (κ1) is 20.5. The number of aromatic nitrogens is 2. The zero-order chi connectivity index (χ0) is 21.0. The van der Waals surface area contributed by atoms with Gasteiger partial charge in [-0.2, -0.15) is 5.10 Å². The molecule has 2 aromatic carbocycles. The van der Waals surface area contributed by atoms with Gasteiger partial charge in [0.05, 0.1) is 28.2 Å². The molecule has 0 aliphatic carbocycles. The van der Waals surface area contributed by atoms with Gasteiger partial charge in [0, 0.05) is 0 Å². The summed E-state index contributed by atoms with van der Waals surface area (Å²) in [6, 6.07) is 11.7. The van der Waals surface area contributed by atoms with E-state index in [9.17, 15) is 14.4 Å². The topological polar surface area (TPSA) is 103 Å². The first-order chi connectivity index (χ1) is 13.9. The number of para-hydroxylation sites is 1. The summed E-state index contributed by atoms with van der Waals surface area (Å²) in [5.74, 6) is -0.0108. The number of esters is 1. The fraction of sp³-hybridized carbons (Fsp3) is 0.200. The predicted molar refractivity (Wildman–Crippen MR) is 113 cm³/mol. The molecule has 1 N–H and O–H groups in total. The van der Waals surface area contributed by atoms with Crippen molar-refractivity contribution in [2.24, 2.45) is 5.10 Å². The lowest BCUT2D eigenvalue weighted by atomic mass is 10.2. The standard InChI is InChI=1S/C20H18BrN3O5/c1-3-28-19(26)12(2)29-17-9-8-13(10-15(17)21)11-22-24-18(25)14-6-4-5-7-16(14)23-20(24)27/h4-12H,3H2,1-2H3,(H,23,27)/t12-/m0/s1. The quantitative estimate of drug-likeness (QED) is 0.450. The van der Waals surface area contributed by atoms with Crippen LogP contribution in [0.1, 0.15) is 19.4 Å². The summed E-state index contributed by atoms with van der Waals surface area (Å²) < 4.78 is 11.9. The lowest BCUT2D eigenvalue weighted by Gasteiger charge is -2.14. The number of rotatable bonds is 6. The summed E-state index contributed by atoms with van der Waals surface area (Å²) in [5.41, 5.74) is -0.0727. The second-order valence-electron chi connectivity index (χ2n) is 6.04. The van der Waals surface area contributed by atoms with Gasteiger partial charge in [0.15, 0.2) is 6.10 Å². The van der Waals surface area contributed by atoms with Crippen molar-refractivity contribution in [1.82, 2.24) is 9.66 Å². The number of aromatic amines is 1. The fourth-order valence-electron chi connectivity index (χ4n) is 2.57. The van der Waals surface area contributed by atoms with E-state index in [2.05, 4.69) is 26.0 Å². The van der Waals surface area contributed by atoms with Gasteiger partial charge in [-0.15, -0.1) is 4.68 Å². The van der Waals surface area contributed by atoms with E-state index in [1.165, 1.54) is 6.21 Å². The van der Waals surface area contributed by atoms with E-state index < -0.39 is 23.3 Å². The number of carbonyl (C=O) groups excluding carboxylic acids is 1. The van der Waals surface area contributed by atoms with E-state index in [1.54, 1.807) is 56.3 Å². The molecule has 1 heterocycles. The third-order valence-corrected chi connectivity index (χ3v) is 4.60. The molecule has 0 spiro atoms. The fourth-order valence-corrected chi connectivity index (χ4v) is 3.06. The molecule has 0 amide bonds. The summed E-state index contributed by atoms with van der Waals surface area (Å²) in [4.78, 5) is 39.0. The molecule has 0 unspecified atom stereocenters. The number of carbonyl (C=O) groups is 1. The Morgan fingerprint density at radius 2 is 2.03 bits per heavy atom. The Morgan fingerprint density at radius 3 is 2.76 bits per heavy atom. The number of fused-ring (bicyclic) bond motifs is 1. The molecular formula is C20H18BrN3O5. The Labute approximate surface area is 173 Å². The van der Waals surface area contributed by atoms with E-state index in [0.29, 0.717) is 26.7 Å². The van der Waals surface area contributed by atoms with Crippen molar-refractivity contribution in [2.75, 3.05) is 6.61 Å². The molecule has 29 heavy (non-hydrogen) atoms. The van der Waals surface area contributed by atoms with Crippen molar-refractivity contribution in [3.8, 4) is 5.75 Å². The average molecular weight is 460 g/mol. The molecule has 3 rings (SSSR count). The van der Waals surface area contributed by atoms with Crippen LogP contribution in [-0.4, -0.2) is 34.6 Å². The maximum Gasteiger partial charge on any atom is 0.349 e.